The van der Waals surface area contributed by atoms with E-state index >= 15 is 0 Å². The summed E-state index contributed by atoms with van der Waals surface area (Å²) in [6.07, 6.45) is 1.79. The van der Waals surface area contributed by atoms with E-state index in [-0.39, 0.29) is 25.5 Å². The molecule has 0 atom stereocenters. The molecule has 0 aliphatic carbocycles. The topological polar surface area (TPSA) is 19.4 Å². The minimum absolute atomic E-state index is 0. The zero-order chi connectivity index (χ0) is 29.6. The average Bonchev–Trinajstić information content (AvgIpc) is 3.45. The van der Waals surface area contributed by atoms with Gasteiger partial charge in [0.25, 0.3) is 0 Å². The predicted octanol–water partition coefficient (Wildman–Crippen LogP) is 10.4. The molecule has 44 heavy (non-hydrogen) atoms. The smallest absolute Gasteiger partial charge is 0.493 e. The molecule has 2 aliphatic heterocycles. The largest absolute Gasteiger partial charge is 3.00 e. The Bertz CT molecular complexity index is 1860. The average molecular weight is 749 g/mol. The van der Waals surface area contributed by atoms with Gasteiger partial charge in [0.2, 0.25) is 0 Å². The van der Waals surface area contributed by atoms with Crippen LogP contribution in [-0.4, -0.2) is 4.98 Å². The van der Waals surface area contributed by atoms with Gasteiger partial charge in [-0.3, -0.25) is 0 Å². The number of hydrogen-bond donors (Lipinski definition) is 0. The summed E-state index contributed by atoms with van der Waals surface area (Å²) in [6, 6.07) is 46.9. The van der Waals surface area contributed by atoms with Crippen LogP contribution in [0.15, 0.2) is 121 Å². The molecule has 218 valence electrons. The van der Waals surface area contributed by atoms with Gasteiger partial charge in [-0.05, 0) is 52.4 Å². The molecule has 0 radical (unpaired) electrons. The predicted molar refractivity (Wildman–Crippen MR) is 179 cm³/mol. The van der Waals surface area contributed by atoms with Crippen molar-refractivity contribution in [2.45, 2.75) is 39.0 Å². The molecule has 1 aromatic heterocycles. The van der Waals surface area contributed by atoms with Crippen molar-refractivity contribution >= 4 is 33.5 Å². The van der Waals surface area contributed by atoms with Crippen molar-refractivity contribution in [1.82, 2.24) is 4.98 Å². The molecular formula is C40H34IrN3. The van der Waals surface area contributed by atoms with Crippen LogP contribution in [0.4, 0.5) is 22.7 Å². The standard InChI is InChI=1S/C29H26N2.C11H8N.Ir/c1-19(2)20-12-15-22(16-13-20)30-18-31-25-17-14-21-8-5-6-9-23(21)27(25)29(3,4)24-10-7-11-26(30)28(24)31;1-2-6-10(7-3-1)11-8-4-5-9-12-11;/h5-16,18-19H,1-4H3;1-6,8-9H;/q-2;-1;+3. The van der Waals surface area contributed by atoms with Gasteiger partial charge in [-0.15, -0.1) is 65.0 Å². The number of hydrogen-bond acceptors (Lipinski definition) is 3. The summed E-state index contributed by atoms with van der Waals surface area (Å²) in [6.45, 7) is 11.4. The molecule has 0 bridgehead atoms. The number of para-hydroxylation sites is 1. The molecule has 3 nitrogen and oxygen atoms in total. The molecule has 4 heteroatoms. The fourth-order valence-electron chi connectivity index (χ4n) is 6.34. The van der Waals surface area contributed by atoms with Gasteiger partial charge in [0.05, 0.1) is 0 Å². The second-order valence-corrected chi connectivity index (χ2v) is 12.0. The summed E-state index contributed by atoms with van der Waals surface area (Å²) in [5, 5.41) is 2.56. The molecule has 0 N–H and O–H groups in total. The Morgan fingerprint density at radius 3 is 2.27 bits per heavy atom. The van der Waals surface area contributed by atoms with Crippen molar-refractivity contribution in [2.24, 2.45) is 0 Å². The molecule has 0 unspecified atom stereocenters. The quantitative estimate of drug-likeness (QED) is 0.168. The number of pyridine rings is 1. The van der Waals surface area contributed by atoms with Crippen LogP contribution in [0.2, 0.25) is 0 Å². The van der Waals surface area contributed by atoms with Crippen LogP contribution >= 0.6 is 0 Å². The van der Waals surface area contributed by atoms with E-state index < -0.39 is 0 Å². The third kappa shape index (κ3) is 5.13. The van der Waals surface area contributed by atoms with Crippen LogP contribution in [0.1, 0.15) is 50.3 Å². The first kappa shape index (κ1) is 29.8. The Labute approximate surface area is 274 Å². The van der Waals surface area contributed by atoms with E-state index in [1.807, 2.05) is 42.5 Å². The molecule has 2 aliphatic rings. The molecule has 0 saturated carbocycles. The number of benzene rings is 5. The van der Waals surface area contributed by atoms with Crippen LogP contribution in [0, 0.1) is 18.8 Å². The van der Waals surface area contributed by atoms with Crippen molar-refractivity contribution in [3.05, 3.63) is 157 Å². The van der Waals surface area contributed by atoms with E-state index in [9.17, 15) is 0 Å². The summed E-state index contributed by atoms with van der Waals surface area (Å²) in [7, 11) is 0. The minimum atomic E-state index is -0.111. The molecule has 0 spiro atoms. The van der Waals surface area contributed by atoms with Crippen molar-refractivity contribution in [2.75, 3.05) is 9.80 Å². The zero-order valence-electron chi connectivity index (χ0n) is 25.4. The molecule has 0 saturated heterocycles. The van der Waals surface area contributed by atoms with E-state index in [4.69, 9.17) is 0 Å². The molecular weight excluding hydrogens is 715 g/mol. The van der Waals surface area contributed by atoms with E-state index in [1.54, 1.807) is 6.20 Å². The maximum atomic E-state index is 4.22. The summed E-state index contributed by atoms with van der Waals surface area (Å²) < 4.78 is 0. The van der Waals surface area contributed by atoms with Gasteiger partial charge in [0, 0.05) is 23.3 Å². The van der Waals surface area contributed by atoms with Gasteiger partial charge in [-0.25, -0.2) is 0 Å². The Hall–Kier alpha value is -4.24. The second-order valence-electron chi connectivity index (χ2n) is 12.0. The van der Waals surface area contributed by atoms with Crippen LogP contribution in [0.3, 0.4) is 0 Å². The number of aromatic nitrogens is 1. The van der Waals surface area contributed by atoms with E-state index in [0.29, 0.717) is 5.92 Å². The van der Waals surface area contributed by atoms with Gasteiger partial charge in [-0.1, -0.05) is 88.0 Å². The van der Waals surface area contributed by atoms with E-state index in [2.05, 4.69) is 134 Å². The molecule has 3 heterocycles. The molecule has 6 aromatic rings. The third-order valence-corrected chi connectivity index (χ3v) is 8.60. The first-order valence-corrected chi connectivity index (χ1v) is 14.9. The summed E-state index contributed by atoms with van der Waals surface area (Å²) >= 11 is 0. The second kappa shape index (κ2) is 12.0. The summed E-state index contributed by atoms with van der Waals surface area (Å²) in [5.74, 6) is 0.532. The van der Waals surface area contributed by atoms with Crippen LogP contribution in [-0.2, 0) is 25.5 Å². The first-order chi connectivity index (χ1) is 20.9. The van der Waals surface area contributed by atoms with Gasteiger partial charge < -0.3 is 14.8 Å². The van der Waals surface area contributed by atoms with Gasteiger partial charge in [0.15, 0.2) is 0 Å². The van der Waals surface area contributed by atoms with Crippen molar-refractivity contribution < 1.29 is 20.1 Å². The first-order valence-electron chi connectivity index (χ1n) is 14.9. The fourth-order valence-corrected chi connectivity index (χ4v) is 6.34. The van der Waals surface area contributed by atoms with Gasteiger partial charge in [0.1, 0.15) is 0 Å². The normalized spacial score (nSPS) is 13.9. The zero-order valence-corrected chi connectivity index (χ0v) is 27.8. The molecule has 0 fully saturated rings. The minimum Gasteiger partial charge on any atom is -0.493 e. The Morgan fingerprint density at radius 2 is 1.55 bits per heavy atom. The summed E-state index contributed by atoms with van der Waals surface area (Å²) in [4.78, 5) is 8.88. The van der Waals surface area contributed by atoms with Gasteiger partial charge in [-0.2, -0.15) is 12.1 Å². The number of anilines is 4. The van der Waals surface area contributed by atoms with Crippen LogP contribution < -0.4 is 9.80 Å². The Balaban J connectivity index is 0.000000222. The van der Waals surface area contributed by atoms with Crippen molar-refractivity contribution in [3.63, 3.8) is 0 Å². The fraction of sp³-hybridized carbons (Fsp3) is 0.150. The van der Waals surface area contributed by atoms with E-state index in [0.717, 1.165) is 16.9 Å². The summed E-state index contributed by atoms with van der Waals surface area (Å²) in [5.41, 5.74) is 10.8. The Kier molecular flexibility index (Phi) is 8.16. The Morgan fingerprint density at radius 1 is 0.773 bits per heavy atom. The maximum Gasteiger partial charge on any atom is 3.00 e. The SMILES string of the molecule is CC(C)c1ccc(N2[CH-]N3c4[c-]cc5ccccc5c4C(C)(C)c4cccc2c43)cc1.[Ir+3].[c-]1ccccc1-c1ccccn1. The number of fused-ring (bicyclic) bond motifs is 4. The third-order valence-electron chi connectivity index (χ3n) is 8.60. The van der Waals surface area contributed by atoms with E-state index in [1.165, 1.54) is 44.5 Å². The van der Waals surface area contributed by atoms with Gasteiger partial charge >= 0.3 is 20.1 Å². The maximum absolute atomic E-state index is 4.22. The monoisotopic (exact) mass is 749 g/mol. The van der Waals surface area contributed by atoms with Crippen LogP contribution in [0.25, 0.3) is 22.0 Å². The molecule has 0 amide bonds. The number of nitrogens with zero attached hydrogens (tertiary/aromatic N) is 3. The van der Waals surface area contributed by atoms with Crippen LogP contribution in [0.5, 0.6) is 0 Å². The van der Waals surface area contributed by atoms with Crippen molar-refractivity contribution in [1.29, 1.82) is 0 Å². The molecule has 8 rings (SSSR count). The number of rotatable bonds is 3. The van der Waals surface area contributed by atoms with Crippen molar-refractivity contribution in [3.8, 4) is 11.3 Å². The molecule has 5 aromatic carbocycles.